The minimum atomic E-state index is 0.415. The minimum Gasteiger partial charge on any atom is -0.400 e. The number of hydrogen-bond donors (Lipinski definition) is 1. The van der Waals surface area contributed by atoms with Gasteiger partial charge >= 0.3 is 0 Å². The molecular weight excluding hydrogens is 494 g/mol. The second kappa shape index (κ2) is 15.0. The maximum Gasteiger partial charge on any atom is 0.124 e. The summed E-state index contributed by atoms with van der Waals surface area (Å²) in [5, 5.41) is 8.96. The summed E-state index contributed by atoms with van der Waals surface area (Å²) in [7, 11) is 5.22. The average molecular weight is 540 g/mol. The van der Waals surface area contributed by atoms with Crippen LogP contribution in [0.25, 0.3) is 22.0 Å². The van der Waals surface area contributed by atoms with E-state index in [9.17, 15) is 4.79 Å². The third kappa shape index (κ3) is 8.36. The van der Waals surface area contributed by atoms with Gasteiger partial charge in [-0.1, -0.05) is 51.4 Å². The van der Waals surface area contributed by atoms with E-state index in [4.69, 9.17) is 16.7 Å². The van der Waals surface area contributed by atoms with Crippen LogP contribution < -0.4 is 4.90 Å². The third-order valence-electron chi connectivity index (χ3n) is 6.05. The Balaban J connectivity index is 0.000000709. The molecule has 1 aliphatic heterocycles. The zero-order valence-corrected chi connectivity index (χ0v) is 25.5. The number of hydrogen-bond acceptors (Lipinski definition) is 4. The molecule has 2 aromatic carbocycles. The number of aliphatic hydroxyl groups excluding tert-OH is 1. The summed E-state index contributed by atoms with van der Waals surface area (Å²) < 4.78 is 2.44. The van der Waals surface area contributed by atoms with Crippen LogP contribution >= 0.6 is 11.6 Å². The molecule has 6 heteroatoms. The molecule has 2 heterocycles. The lowest BCUT2D eigenvalue weighted by molar-refractivity contribution is -0.107. The molecular formula is C32H46ClN3O2. The van der Waals surface area contributed by atoms with Crippen LogP contribution in [0.5, 0.6) is 0 Å². The van der Waals surface area contributed by atoms with Crippen LogP contribution in [-0.4, -0.2) is 61.7 Å². The van der Waals surface area contributed by atoms with Gasteiger partial charge in [0, 0.05) is 55.8 Å². The highest BCUT2D eigenvalue weighted by Gasteiger charge is 2.27. The van der Waals surface area contributed by atoms with Crippen molar-refractivity contribution in [3.63, 3.8) is 0 Å². The second-order valence-corrected chi connectivity index (χ2v) is 11.6. The topological polar surface area (TPSA) is 48.7 Å². The van der Waals surface area contributed by atoms with Crippen molar-refractivity contribution in [1.82, 2.24) is 9.47 Å². The Morgan fingerprint density at radius 2 is 1.61 bits per heavy atom. The molecule has 0 unspecified atom stereocenters. The number of carbonyl (C=O) groups is 1. The Morgan fingerprint density at radius 1 is 1.05 bits per heavy atom. The molecule has 0 atom stereocenters. The first-order valence-electron chi connectivity index (χ1n) is 12.9. The summed E-state index contributed by atoms with van der Waals surface area (Å²) in [4.78, 5) is 16.4. The number of anilines is 1. The number of terminal acetylenes is 1. The molecule has 1 aliphatic rings. The van der Waals surface area contributed by atoms with Crippen molar-refractivity contribution in [2.24, 2.45) is 5.41 Å². The summed E-state index contributed by atoms with van der Waals surface area (Å²) in [6.07, 6.45) is 9.44. The van der Waals surface area contributed by atoms with Crippen LogP contribution in [0.3, 0.4) is 0 Å². The fourth-order valence-electron chi connectivity index (χ4n) is 4.63. The number of aliphatic hydroxyl groups is 1. The number of aldehydes is 1. The first-order valence-corrected chi connectivity index (χ1v) is 13.3. The second-order valence-electron chi connectivity index (χ2n) is 11.2. The zero-order chi connectivity index (χ0) is 29.2. The van der Waals surface area contributed by atoms with Crippen molar-refractivity contribution in [3.8, 4) is 24.0 Å². The van der Waals surface area contributed by atoms with Crippen molar-refractivity contribution in [2.75, 3.05) is 45.7 Å². The van der Waals surface area contributed by atoms with Crippen molar-refractivity contribution < 1.29 is 9.90 Å². The Labute approximate surface area is 235 Å². The van der Waals surface area contributed by atoms with Gasteiger partial charge in [0.15, 0.2) is 0 Å². The van der Waals surface area contributed by atoms with E-state index in [1.165, 1.54) is 33.4 Å². The van der Waals surface area contributed by atoms with Gasteiger partial charge in [0.25, 0.3) is 0 Å². The fraction of sp³-hybridized carbons (Fsp3) is 0.469. The van der Waals surface area contributed by atoms with E-state index in [0.717, 1.165) is 55.7 Å². The first-order chi connectivity index (χ1) is 17.9. The van der Waals surface area contributed by atoms with Crippen molar-refractivity contribution in [3.05, 3.63) is 52.2 Å². The lowest BCUT2D eigenvalue weighted by Gasteiger charge is -2.35. The Hall–Kier alpha value is -2.78. The van der Waals surface area contributed by atoms with E-state index in [-0.39, 0.29) is 0 Å². The van der Waals surface area contributed by atoms with E-state index >= 15 is 0 Å². The maximum atomic E-state index is 11.6. The quantitative estimate of drug-likeness (QED) is 0.283. The predicted octanol–water partition coefficient (Wildman–Crippen LogP) is 6.61. The van der Waals surface area contributed by atoms with Crippen molar-refractivity contribution in [1.29, 1.82) is 0 Å². The number of halogens is 1. The smallest absolute Gasteiger partial charge is 0.124 e. The van der Waals surface area contributed by atoms with Gasteiger partial charge in [-0.05, 0) is 73.8 Å². The summed E-state index contributed by atoms with van der Waals surface area (Å²) in [5.41, 5.74) is 8.97. The van der Waals surface area contributed by atoms with E-state index in [1.807, 2.05) is 12.1 Å². The lowest BCUT2D eigenvalue weighted by Crippen LogP contribution is -2.37. The van der Waals surface area contributed by atoms with Crippen LogP contribution in [-0.2, 0) is 17.8 Å². The molecule has 0 aliphatic carbocycles. The number of aromatic nitrogens is 1. The Bertz CT molecular complexity index is 1200. The highest BCUT2D eigenvalue weighted by Crippen LogP contribution is 2.44. The average Bonchev–Trinajstić information content (AvgIpc) is 3.20. The molecule has 0 saturated carbocycles. The number of carbonyl (C=O) groups excluding carboxylic acids is 1. The van der Waals surface area contributed by atoms with Crippen molar-refractivity contribution >= 4 is 34.5 Å². The maximum absolute atomic E-state index is 11.6. The summed E-state index contributed by atoms with van der Waals surface area (Å²) in [6, 6.07) is 10.3. The van der Waals surface area contributed by atoms with E-state index in [2.05, 4.69) is 101 Å². The van der Waals surface area contributed by atoms with Gasteiger partial charge in [-0.3, -0.25) is 0 Å². The Morgan fingerprint density at radius 3 is 2.11 bits per heavy atom. The third-order valence-corrected chi connectivity index (χ3v) is 6.31. The van der Waals surface area contributed by atoms with Crippen LogP contribution in [0.2, 0.25) is 5.02 Å². The molecule has 1 N–H and O–H groups in total. The monoisotopic (exact) mass is 539 g/mol. The van der Waals surface area contributed by atoms with Crippen LogP contribution in [0.1, 0.15) is 44.5 Å². The number of benzene rings is 2. The van der Waals surface area contributed by atoms with Crippen LogP contribution in [0, 0.1) is 32.1 Å². The summed E-state index contributed by atoms with van der Waals surface area (Å²) in [5.74, 6) is 0. The molecule has 4 rings (SSSR count). The molecule has 0 bridgehead atoms. The summed E-state index contributed by atoms with van der Waals surface area (Å²) in [6.45, 7) is 17.1. The van der Waals surface area contributed by atoms with Crippen molar-refractivity contribution in [2.45, 2.75) is 54.5 Å². The predicted molar refractivity (Wildman–Crippen MR) is 166 cm³/mol. The van der Waals surface area contributed by atoms with Gasteiger partial charge in [-0.15, -0.1) is 12.8 Å². The zero-order valence-electron chi connectivity index (χ0n) is 24.7. The molecule has 0 fully saturated rings. The van der Waals surface area contributed by atoms with Crippen LogP contribution in [0.4, 0.5) is 5.69 Å². The standard InChI is InChI=1S/C24H28ClN3O.C5H12.C2H2.CH4O/c1-16-15-21-22(18-5-7-19(25)8-6-18)20(9-14-29)17(2)23-24(21)28(16)13-12-27(23)11-10-26(3)4;1-5(2,3)4;2*1-2/h5-8,14-15H,9-13H2,1-4H3;1-4H3;1-2H;2H,1H3. The lowest BCUT2D eigenvalue weighted by atomic mass is 9.89. The first kappa shape index (κ1) is 33.2. The molecule has 208 valence electrons. The molecule has 3 aromatic rings. The summed E-state index contributed by atoms with van der Waals surface area (Å²) >= 11 is 6.14. The molecule has 38 heavy (non-hydrogen) atoms. The number of nitrogens with zero attached hydrogens (tertiary/aromatic N) is 3. The fourth-order valence-corrected chi connectivity index (χ4v) is 4.76. The van der Waals surface area contributed by atoms with E-state index < -0.39 is 0 Å². The van der Waals surface area contributed by atoms with E-state index in [0.29, 0.717) is 11.8 Å². The van der Waals surface area contributed by atoms with Gasteiger partial charge in [0.2, 0.25) is 0 Å². The molecule has 0 amide bonds. The molecule has 0 spiro atoms. The SMILES string of the molecule is C#C.CC(C)(C)C.CO.Cc1c(CC=O)c(-c2ccc(Cl)cc2)c2cc(C)n3c2c1N(CCN(C)C)CC3. The molecule has 1 aromatic heterocycles. The van der Waals surface area contributed by atoms with Gasteiger partial charge < -0.3 is 24.3 Å². The van der Waals surface area contributed by atoms with Gasteiger partial charge in [0.1, 0.15) is 6.29 Å². The number of likely N-dealkylation sites (N-methyl/N-ethyl adjacent to an activating group) is 1. The number of aryl methyl sites for hydroxylation is 1. The van der Waals surface area contributed by atoms with E-state index in [1.54, 1.807) is 0 Å². The normalized spacial score (nSPS) is 12.1. The Kier molecular flexibility index (Phi) is 13.1. The largest absolute Gasteiger partial charge is 0.400 e. The highest BCUT2D eigenvalue weighted by molar-refractivity contribution is 6.30. The molecule has 0 saturated heterocycles. The van der Waals surface area contributed by atoms with Crippen LogP contribution in [0.15, 0.2) is 30.3 Å². The highest BCUT2D eigenvalue weighted by atomic mass is 35.5. The van der Waals surface area contributed by atoms with Gasteiger partial charge in [-0.25, -0.2) is 0 Å². The number of rotatable bonds is 6. The van der Waals surface area contributed by atoms with Gasteiger partial charge in [-0.2, -0.15) is 0 Å². The minimum absolute atomic E-state index is 0.415. The molecule has 5 nitrogen and oxygen atoms in total. The van der Waals surface area contributed by atoms with Gasteiger partial charge in [0.05, 0.1) is 11.2 Å². The molecule has 0 radical (unpaired) electrons.